The van der Waals surface area contributed by atoms with Crippen molar-refractivity contribution in [3.8, 4) is 0 Å². The van der Waals surface area contributed by atoms with E-state index < -0.39 is 0 Å². The summed E-state index contributed by atoms with van der Waals surface area (Å²) in [7, 11) is 3.50. The highest BCUT2D eigenvalue weighted by Gasteiger charge is 2.12. The maximum absolute atomic E-state index is 10.6. The normalized spacial score (nSPS) is 11.0. The maximum Gasteiger partial charge on any atom is 0.185 e. The number of fused-ring (bicyclic) bond motifs is 2. The highest BCUT2D eigenvalue weighted by molar-refractivity contribution is 6.36. The van der Waals surface area contributed by atoms with Crippen molar-refractivity contribution in [3.05, 3.63) is 44.4 Å². The number of rotatable bonds is 2. The summed E-state index contributed by atoms with van der Waals surface area (Å²) in [4.78, 5) is 26.5. The fraction of sp³-hybridized carbons (Fsp3) is 0.188. The molecule has 0 saturated heterocycles. The SMILES string of the molecule is Cn1c(C=O)nc2c(Cl)nc(Cl)cc21.Cn1c(CO)nc2c(Cl)nc(Cl)cc21. The summed E-state index contributed by atoms with van der Waals surface area (Å²) in [5, 5.41) is 10.1. The number of carbonyl (C=O) groups is 1. The van der Waals surface area contributed by atoms with Crippen LogP contribution in [0, 0.1) is 0 Å². The third-order valence-electron chi connectivity index (χ3n) is 3.97. The second-order valence-electron chi connectivity index (χ2n) is 5.60. The van der Waals surface area contributed by atoms with Crippen molar-refractivity contribution < 1.29 is 9.90 Å². The van der Waals surface area contributed by atoms with Gasteiger partial charge in [-0.05, 0) is 0 Å². The number of pyridine rings is 2. The van der Waals surface area contributed by atoms with Crippen LogP contribution in [0.1, 0.15) is 16.4 Å². The molecular formula is C16H12Cl4N6O2. The van der Waals surface area contributed by atoms with Crippen molar-refractivity contribution in [3.63, 3.8) is 0 Å². The van der Waals surface area contributed by atoms with Gasteiger partial charge in [0, 0.05) is 26.2 Å². The minimum Gasteiger partial charge on any atom is -0.388 e. The summed E-state index contributed by atoms with van der Waals surface area (Å²) in [5.41, 5.74) is 2.50. The topological polar surface area (TPSA) is 98.7 Å². The Morgan fingerprint density at radius 1 is 0.893 bits per heavy atom. The van der Waals surface area contributed by atoms with Crippen LogP contribution in [0.15, 0.2) is 12.1 Å². The standard InChI is InChI=1S/C8H7Cl2N3O.C8H5Cl2N3O/c2*1-13-4-2-5(9)11-8(10)7(4)12-6(13)3-14/h2,14H,3H2,1H3;2-3H,1H3. The second-order valence-corrected chi connectivity index (χ2v) is 7.09. The summed E-state index contributed by atoms with van der Waals surface area (Å²) in [6.07, 6.45) is 0.657. The van der Waals surface area contributed by atoms with Crippen LogP contribution in [0.5, 0.6) is 0 Å². The molecule has 12 heteroatoms. The summed E-state index contributed by atoms with van der Waals surface area (Å²) < 4.78 is 3.34. The van der Waals surface area contributed by atoms with E-state index in [0.29, 0.717) is 39.6 Å². The molecule has 0 aliphatic rings. The van der Waals surface area contributed by atoms with Crippen molar-refractivity contribution in [2.75, 3.05) is 0 Å². The number of aryl methyl sites for hydroxylation is 2. The quantitative estimate of drug-likeness (QED) is 0.359. The van der Waals surface area contributed by atoms with Gasteiger partial charge >= 0.3 is 0 Å². The van der Waals surface area contributed by atoms with E-state index >= 15 is 0 Å². The first-order chi connectivity index (χ1) is 13.3. The number of hydrogen-bond acceptors (Lipinski definition) is 6. The van der Waals surface area contributed by atoms with Crippen molar-refractivity contribution in [1.29, 1.82) is 0 Å². The molecule has 8 nitrogen and oxygen atoms in total. The molecule has 4 rings (SSSR count). The van der Waals surface area contributed by atoms with Crippen LogP contribution in [0.4, 0.5) is 0 Å². The first kappa shape index (κ1) is 20.8. The lowest BCUT2D eigenvalue weighted by molar-refractivity contribution is 0.111. The van der Waals surface area contributed by atoms with Crippen LogP contribution in [0.3, 0.4) is 0 Å². The van der Waals surface area contributed by atoms with Crippen molar-refractivity contribution in [2.45, 2.75) is 6.61 Å². The van der Waals surface area contributed by atoms with E-state index in [9.17, 15) is 4.79 Å². The lowest BCUT2D eigenvalue weighted by Crippen LogP contribution is -1.96. The number of aromatic nitrogens is 6. The number of aliphatic hydroxyl groups excluding tert-OH is 1. The third-order valence-corrected chi connectivity index (χ3v) is 4.88. The first-order valence-corrected chi connectivity index (χ1v) is 9.19. The Morgan fingerprint density at radius 2 is 1.39 bits per heavy atom. The highest BCUT2D eigenvalue weighted by Crippen LogP contribution is 2.25. The molecule has 28 heavy (non-hydrogen) atoms. The predicted octanol–water partition coefficient (Wildman–Crippen LogP) is 3.86. The summed E-state index contributed by atoms with van der Waals surface area (Å²) in [5.74, 6) is 0.830. The van der Waals surface area contributed by atoms with Crippen molar-refractivity contribution in [1.82, 2.24) is 29.1 Å². The zero-order valence-electron chi connectivity index (χ0n) is 14.5. The van der Waals surface area contributed by atoms with Crippen molar-refractivity contribution in [2.24, 2.45) is 14.1 Å². The van der Waals surface area contributed by atoms with E-state index in [1.54, 1.807) is 35.4 Å². The molecule has 146 valence electrons. The number of aldehydes is 1. The average molecular weight is 462 g/mol. The molecule has 0 spiro atoms. The molecule has 0 bridgehead atoms. The van der Waals surface area contributed by atoms with E-state index in [2.05, 4.69) is 19.9 Å². The molecule has 4 aromatic rings. The number of halogens is 4. The maximum atomic E-state index is 10.6. The molecule has 0 atom stereocenters. The monoisotopic (exact) mass is 460 g/mol. The van der Waals surface area contributed by atoms with Crippen LogP contribution >= 0.6 is 46.4 Å². The van der Waals surface area contributed by atoms with Crippen LogP contribution < -0.4 is 0 Å². The Labute approximate surface area is 178 Å². The zero-order chi connectivity index (χ0) is 20.6. The molecule has 0 aliphatic carbocycles. The molecule has 0 amide bonds. The van der Waals surface area contributed by atoms with Gasteiger partial charge in [0.15, 0.2) is 22.4 Å². The number of hydrogen-bond donors (Lipinski definition) is 1. The van der Waals surface area contributed by atoms with Gasteiger partial charge in [-0.1, -0.05) is 46.4 Å². The van der Waals surface area contributed by atoms with Gasteiger partial charge in [0.05, 0.1) is 11.0 Å². The number of carbonyl (C=O) groups excluding carboxylic acids is 1. The predicted molar refractivity (Wildman–Crippen MR) is 108 cm³/mol. The van der Waals surface area contributed by atoms with Gasteiger partial charge in [-0.25, -0.2) is 19.9 Å². The summed E-state index contributed by atoms with van der Waals surface area (Å²) in [6.45, 7) is -0.140. The Morgan fingerprint density at radius 3 is 1.89 bits per heavy atom. The zero-order valence-corrected chi connectivity index (χ0v) is 17.5. The van der Waals surface area contributed by atoms with Crippen molar-refractivity contribution >= 4 is 74.8 Å². The van der Waals surface area contributed by atoms with Crippen LogP contribution in [-0.4, -0.2) is 40.5 Å². The summed E-state index contributed by atoms with van der Waals surface area (Å²) in [6, 6.07) is 3.28. The molecule has 4 aromatic heterocycles. The van der Waals surface area contributed by atoms with E-state index in [4.69, 9.17) is 51.5 Å². The van der Waals surface area contributed by atoms with Crippen LogP contribution in [-0.2, 0) is 20.7 Å². The van der Waals surface area contributed by atoms with Crippen LogP contribution in [0.2, 0.25) is 20.6 Å². The fourth-order valence-corrected chi connectivity index (χ4v) is 3.48. The van der Waals surface area contributed by atoms with Gasteiger partial charge in [-0.15, -0.1) is 0 Å². The molecule has 4 heterocycles. The lowest BCUT2D eigenvalue weighted by atomic mass is 10.4. The Hall–Kier alpha value is -1.97. The second kappa shape index (κ2) is 8.18. The highest BCUT2D eigenvalue weighted by atomic mass is 35.5. The number of nitrogens with zero attached hydrogens (tertiary/aromatic N) is 6. The first-order valence-electron chi connectivity index (χ1n) is 7.68. The minimum absolute atomic E-state index is 0.140. The van der Waals surface area contributed by atoms with Gasteiger partial charge < -0.3 is 14.2 Å². The Kier molecular flexibility index (Phi) is 6.07. The van der Waals surface area contributed by atoms with Gasteiger partial charge in [0.25, 0.3) is 0 Å². The van der Waals surface area contributed by atoms with Gasteiger partial charge in [0.1, 0.15) is 33.8 Å². The molecule has 0 saturated carbocycles. The van der Waals surface area contributed by atoms with E-state index in [1.165, 1.54) is 0 Å². The smallest absolute Gasteiger partial charge is 0.185 e. The Balaban J connectivity index is 0.000000161. The molecule has 0 unspecified atom stereocenters. The number of imidazole rings is 2. The molecule has 0 radical (unpaired) electrons. The fourth-order valence-electron chi connectivity index (χ4n) is 2.55. The van der Waals surface area contributed by atoms with Gasteiger partial charge in [-0.3, -0.25) is 4.79 Å². The minimum atomic E-state index is -0.140. The molecule has 1 N–H and O–H groups in total. The molecule has 0 aromatic carbocycles. The summed E-state index contributed by atoms with van der Waals surface area (Å²) >= 11 is 23.1. The van der Waals surface area contributed by atoms with E-state index in [1.807, 2.05) is 0 Å². The van der Waals surface area contributed by atoms with E-state index in [0.717, 1.165) is 5.52 Å². The molecule has 0 fully saturated rings. The number of aliphatic hydroxyl groups is 1. The lowest BCUT2D eigenvalue weighted by Gasteiger charge is -1.98. The molecular weight excluding hydrogens is 450 g/mol. The van der Waals surface area contributed by atoms with Gasteiger partial charge in [-0.2, -0.15) is 0 Å². The average Bonchev–Trinajstić information content (AvgIpc) is 3.14. The van der Waals surface area contributed by atoms with Gasteiger partial charge in [0.2, 0.25) is 0 Å². The molecule has 0 aliphatic heterocycles. The third kappa shape index (κ3) is 3.78. The Bertz CT molecular complexity index is 1200. The van der Waals surface area contributed by atoms with Crippen LogP contribution in [0.25, 0.3) is 22.1 Å². The largest absolute Gasteiger partial charge is 0.388 e. The van der Waals surface area contributed by atoms with E-state index in [-0.39, 0.29) is 22.1 Å².